The van der Waals surface area contributed by atoms with Gasteiger partial charge in [-0.1, -0.05) is 35.9 Å². The molecule has 0 aliphatic carbocycles. The molecule has 3 aromatic rings. The Hall–Kier alpha value is -4.43. The molecule has 0 atom stereocenters. The lowest BCUT2D eigenvalue weighted by Crippen LogP contribution is -2.54. The molecule has 7 nitrogen and oxygen atoms in total. The lowest BCUT2D eigenvalue weighted by molar-refractivity contribution is -0.122. The first-order valence-corrected chi connectivity index (χ1v) is 12.5. The zero-order valence-electron chi connectivity index (χ0n) is 21.4. The van der Waals surface area contributed by atoms with Gasteiger partial charge in [0.15, 0.2) is 11.5 Å². The van der Waals surface area contributed by atoms with Crippen LogP contribution in [0.25, 0.3) is 6.08 Å². The summed E-state index contributed by atoms with van der Waals surface area (Å²) < 4.78 is 25.5. The second kappa shape index (κ2) is 12.0. The van der Waals surface area contributed by atoms with Crippen molar-refractivity contribution in [2.24, 2.45) is 0 Å². The number of aryl methyl sites for hydroxylation is 1. The summed E-state index contributed by atoms with van der Waals surface area (Å²) in [6.07, 6.45) is 3.46. The van der Waals surface area contributed by atoms with Crippen LogP contribution in [0, 0.1) is 12.7 Å². The van der Waals surface area contributed by atoms with Crippen LogP contribution in [0.15, 0.2) is 72.8 Å². The van der Waals surface area contributed by atoms with E-state index in [1.807, 2.05) is 6.92 Å². The van der Waals surface area contributed by atoms with E-state index in [4.69, 9.17) is 21.1 Å². The number of rotatable bonds is 9. The van der Waals surface area contributed by atoms with Crippen LogP contribution in [0.2, 0.25) is 5.02 Å². The first-order chi connectivity index (χ1) is 18.7. The van der Waals surface area contributed by atoms with Crippen molar-refractivity contribution in [3.63, 3.8) is 0 Å². The second-order valence-electron chi connectivity index (χ2n) is 8.74. The molecule has 4 amide bonds. The SMILES string of the molecule is C=CCc1cc(/C=C2/C(=O)NC(=O)N(c3ccc(C)c(Cl)c3)C2=O)cc(OCC)c1OCc1cccc(F)c1. The molecule has 4 rings (SSSR count). The molecule has 1 aliphatic rings. The molecule has 0 spiro atoms. The number of allylic oxidation sites excluding steroid dienone is 1. The van der Waals surface area contributed by atoms with Crippen molar-refractivity contribution in [1.82, 2.24) is 5.32 Å². The molecule has 1 aliphatic heterocycles. The van der Waals surface area contributed by atoms with Crippen molar-refractivity contribution in [3.05, 3.63) is 106 Å². The average molecular weight is 549 g/mol. The van der Waals surface area contributed by atoms with Crippen molar-refractivity contribution >= 4 is 41.2 Å². The van der Waals surface area contributed by atoms with Crippen LogP contribution in [-0.4, -0.2) is 24.5 Å². The van der Waals surface area contributed by atoms with Crippen LogP contribution < -0.4 is 19.7 Å². The number of barbiturate groups is 1. The molecule has 1 N–H and O–H groups in total. The first kappa shape index (κ1) is 27.6. The number of halogens is 2. The zero-order chi connectivity index (χ0) is 28.1. The fraction of sp³-hybridized carbons (Fsp3) is 0.167. The van der Waals surface area contributed by atoms with Gasteiger partial charge in [-0.05, 0) is 79.4 Å². The Kier molecular flexibility index (Phi) is 8.46. The number of nitrogens with one attached hydrogen (secondary N) is 1. The zero-order valence-corrected chi connectivity index (χ0v) is 22.2. The van der Waals surface area contributed by atoms with Crippen molar-refractivity contribution < 1.29 is 28.2 Å². The quantitative estimate of drug-likeness (QED) is 0.197. The minimum absolute atomic E-state index is 0.0967. The molecule has 1 heterocycles. The van der Waals surface area contributed by atoms with Gasteiger partial charge >= 0.3 is 6.03 Å². The molecule has 39 heavy (non-hydrogen) atoms. The summed E-state index contributed by atoms with van der Waals surface area (Å²) >= 11 is 6.20. The minimum atomic E-state index is -0.870. The Balaban J connectivity index is 1.72. The molecule has 0 aromatic heterocycles. The highest BCUT2D eigenvalue weighted by atomic mass is 35.5. The maximum absolute atomic E-state index is 13.6. The van der Waals surface area contributed by atoms with Crippen LogP contribution in [0.5, 0.6) is 11.5 Å². The molecule has 1 fully saturated rings. The van der Waals surface area contributed by atoms with E-state index >= 15 is 0 Å². The number of urea groups is 1. The van der Waals surface area contributed by atoms with E-state index in [1.165, 1.54) is 24.3 Å². The van der Waals surface area contributed by atoms with E-state index in [1.54, 1.807) is 49.4 Å². The smallest absolute Gasteiger partial charge is 0.335 e. The third-order valence-electron chi connectivity index (χ3n) is 5.92. The molecule has 0 radical (unpaired) electrons. The largest absolute Gasteiger partial charge is 0.490 e. The molecular formula is C30H26ClFN2O5. The third kappa shape index (κ3) is 6.18. The fourth-order valence-corrected chi connectivity index (χ4v) is 4.24. The number of amides is 4. The Morgan fingerprint density at radius 2 is 1.87 bits per heavy atom. The molecule has 9 heteroatoms. The van der Waals surface area contributed by atoms with E-state index < -0.39 is 17.8 Å². The summed E-state index contributed by atoms with van der Waals surface area (Å²) in [6, 6.07) is 13.3. The predicted molar refractivity (Wildman–Crippen MR) is 147 cm³/mol. The van der Waals surface area contributed by atoms with E-state index in [0.29, 0.717) is 46.2 Å². The van der Waals surface area contributed by atoms with Crippen LogP contribution >= 0.6 is 11.6 Å². The summed E-state index contributed by atoms with van der Waals surface area (Å²) in [5, 5.41) is 2.58. The summed E-state index contributed by atoms with van der Waals surface area (Å²) in [6.45, 7) is 7.82. The summed E-state index contributed by atoms with van der Waals surface area (Å²) in [5.41, 5.74) is 2.56. The number of benzene rings is 3. The number of nitrogens with zero attached hydrogens (tertiary/aromatic N) is 1. The summed E-state index contributed by atoms with van der Waals surface area (Å²) in [4.78, 5) is 39.5. The van der Waals surface area contributed by atoms with E-state index in [9.17, 15) is 18.8 Å². The highest BCUT2D eigenvalue weighted by Crippen LogP contribution is 2.36. The molecule has 1 saturated heterocycles. The third-order valence-corrected chi connectivity index (χ3v) is 6.32. The molecule has 200 valence electrons. The van der Waals surface area contributed by atoms with Crippen molar-refractivity contribution in [2.45, 2.75) is 26.9 Å². The van der Waals surface area contributed by atoms with Gasteiger partial charge in [-0.3, -0.25) is 14.9 Å². The predicted octanol–water partition coefficient (Wildman–Crippen LogP) is 6.16. The van der Waals surface area contributed by atoms with Gasteiger partial charge in [0.1, 0.15) is 18.0 Å². The van der Waals surface area contributed by atoms with Crippen LogP contribution in [-0.2, 0) is 22.6 Å². The van der Waals surface area contributed by atoms with Crippen LogP contribution in [0.1, 0.15) is 29.2 Å². The van der Waals surface area contributed by atoms with Crippen molar-refractivity contribution in [1.29, 1.82) is 0 Å². The van der Waals surface area contributed by atoms with Gasteiger partial charge in [-0.25, -0.2) is 14.1 Å². The Labute approximate surface area is 230 Å². The number of carbonyl (C=O) groups excluding carboxylic acids is 3. The molecular weight excluding hydrogens is 523 g/mol. The molecule has 0 bridgehead atoms. The lowest BCUT2D eigenvalue weighted by Gasteiger charge is -2.26. The summed E-state index contributed by atoms with van der Waals surface area (Å²) in [7, 11) is 0. The van der Waals surface area contributed by atoms with Crippen molar-refractivity contribution in [2.75, 3.05) is 11.5 Å². The Morgan fingerprint density at radius 1 is 1.08 bits per heavy atom. The van der Waals surface area contributed by atoms with E-state index in [0.717, 1.165) is 10.5 Å². The highest BCUT2D eigenvalue weighted by molar-refractivity contribution is 6.39. The maximum atomic E-state index is 13.6. The van der Waals surface area contributed by atoms with Crippen LogP contribution in [0.3, 0.4) is 0 Å². The number of hydrogen-bond acceptors (Lipinski definition) is 5. The van der Waals surface area contributed by atoms with Gasteiger partial charge in [0.2, 0.25) is 0 Å². The van der Waals surface area contributed by atoms with Crippen molar-refractivity contribution in [3.8, 4) is 11.5 Å². The topological polar surface area (TPSA) is 84.9 Å². The number of imide groups is 2. The van der Waals surface area contributed by atoms with Gasteiger partial charge in [0, 0.05) is 10.6 Å². The van der Waals surface area contributed by atoms with Crippen LogP contribution in [0.4, 0.5) is 14.9 Å². The normalized spacial score (nSPS) is 14.4. The molecule has 0 saturated carbocycles. The standard InChI is InChI=1S/C30H26ClFN2O5/c1-4-7-21-12-20(15-26(38-5-2)27(21)39-17-19-8-6-9-22(32)13-19)14-24-28(35)33-30(37)34(29(24)36)23-11-10-18(3)25(31)16-23/h4,6,8-16H,1,5,7,17H2,2-3H3,(H,33,35,37)/b24-14-. The summed E-state index contributed by atoms with van der Waals surface area (Å²) in [5.74, 6) is -1.17. The second-order valence-corrected chi connectivity index (χ2v) is 9.15. The Morgan fingerprint density at radius 3 is 2.56 bits per heavy atom. The van der Waals surface area contributed by atoms with Gasteiger partial charge in [-0.15, -0.1) is 6.58 Å². The van der Waals surface area contributed by atoms with Gasteiger partial charge in [-0.2, -0.15) is 0 Å². The maximum Gasteiger partial charge on any atom is 0.335 e. The number of carbonyl (C=O) groups is 3. The number of hydrogen-bond donors (Lipinski definition) is 1. The van der Waals surface area contributed by atoms with Gasteiger partial charge in [0.05, 0.1) is 12.3 Å². The molecule has 0 unspecified atom stereocenters. The lowest BCUT2D eigenvalue weighted by atomic mass is 10.0. The highest BCUT2D eigenvalue weighted by Gasteiger charge is 2.37. The number of anilines is 1. The molecule has 3 aromatic carbocycles. The van der Waals surface area contributed by atoms with Gasteiger partial charge in [0.25, 0.3) is 11.8 Å². The van der Waals surface area contributed by atoms with E-state index in [-0.39, 0.29) is 23.7 Å². The van der Waals surface area contributed by atoms with E-state index in [2.05, 4.69) is 11.9 Å². The first-order valence-electron chi connectivity index (χ1n) is 12.2. The number of ether oxygens (including phenoxy) is 2. The monoisotopic (exact) mass is 548 g/mol. The van der Waals surface area contributed by atoms with Gasteiger partial charge < -0.3 is 9.47 Å². The minimum Gasteiger partial charge on any atom is -0.490 e. The average Bonchev–Trinajstić information content (AvgIpc) is 2.88. The Bertz CT molecular complexity index is 1500. The fourth-order valence-electron chi connectivity index (χ4n) is 4.06.